The molecule has 0 aliphatic carbocycles. The number of para-hydroxylation sites is 1. The van der Waals surface area contributed by atoms with E-state index in [1.807, 2.05) is 57.0 Å². The lowest BCUT2D eigenvalue weighted by molar-refractivity contribution is -0.143. The summed E-state index contributed by atoms with van der Waals surface area (Å²) < 4.78 is 5.96. The summed E-state index contributed by atoms with van der Waals surface area (Å²) in [7, 11) is 0. The highest BCUT2D eigenvalue weighted by molar-refractivity contribution is 7.08. The molecule has 1 aromatic heterocycles. The number of piperidine rings is 1. The average Bonchev–Trinajstić information content (AvgIpc) is 3.20. The third kappa shape index (κ3) is 3.19. The Morgan fingerprint density at radius 3 is 2.56 bits per heavy atom. The number of nitrogens with zero attached hydrogens (tertiary/aromatic N) is 2. The van der Waals surface area contributed by atoms with Crippen LogP contribution < -0.4 is 4.90 Å². The van der Waals surface area contributed by atoms with E-state index in [-0.39, 0.29) is 24.0 Å². The molecule has 0 bridgehead atoms. The number of likely N-dealkylation sites (tertiary alicyclic amines) is 1. The van der Waals surface area contributed by atoms with Gasteiger partial charge in [-0.1, -0.05) is 18.2 Å². The summed E-state index contributed by atoms with van der Waals surface area (Å²) >= 11 is 1.54. The van der Waals surface area contributed by atoms with Crippen molar-refractivity contribution in [1.29, 1.82) is 0 Å². The molecule has 3 heterocycles. The van der Waals surface area contributed by atoms with Crippen LogP contribution in [0.15, 0.2) is 47.2 Å². The van der Waals surface area contributed by atoms with Crippen LogP contribution in [0.2, 0.25) is 0 Å². The van der Waals surface area contributed by atoms with Crippen LogP contribution in [0.1, 0.15) is 23.2 Å². The van der Waals surface area contributed by atoms with E-state index in [9.17, 15) is 9.59 Å². The van der Waals surface area contributed by atoms with Gasteiger partial charge in [-0.25, -0.2) is 0 Å². The minimum atomic E-state index is -0.352. The maximum atomic E-state index is 12.5. The number of hydrogen-bond acceptors (Lipinski definition) is 4. The van der Waals surface area contributed by atoms with Gasteiger partial charge in [0, 0.05) is 24.2 Å². The third-order valence-corrected chi connectivity index (χ3v) is 5.73. The lowest BCUT2D eigenvalue weighted by Crippen LogP contribution is -2.59. The van der Waals surface area contributed by atoms with Crippen LogP contribution in [-0.4, -0.2) is 48.6 Å². The van der Waals surface area contributed by atoms with E-state index in [1.165, 1.54) is 11.3 Å². The first-order chi connectivity index (χ1) is 12.2. The second kappa shape index (κ2) is 6.61. The molecule has 5 nitrogen and oxygen atoms in total. The van der Waals surface area contributed by atoms with Crippen LogP contribution in [0.3, 0.4) is 0 Å². The van der Waals surface area contributed by atoms with Crippen molar-refractivity contribution in [2.75, 3.05) is 31.1 Å². The number of hydrogen-bond donors (Lipinski definition) is 0. The standard InChI is InChI=1S/C19H20N2O3S/c22-17-12-24-19(14-21(17)16-4-2-1-3-5-16)7-9-20(10-8-19)18(23)15-6-11-25-13-15/h1-6,11,13H,7-10,12,14H2. The molecule has 2 saturated heterocycles. The zero-order chi connectivity index (χ0) is 17.3. The first-order valence-electron chi connectivity index (χ1n) is 8.48. The van der Waals surface area contributed by atoms with Crippen molar-refractivity contribution in [3.8, 4) is 0 Å². The van der Waals surface area contributed by atoms with Crippen LogP contribution in [0, 0.1) is 0 Å². The molecule has 4 rings (SSSR count). The van der Waals surface area contributed by atoms with Gasteiger partial charge in [-0.2, -0.15) is 11.3 Å². The number of carbonyl (C=O) groups excluding carboxylic acids is 2. The van der Waals surface area contributed by atoms with Crippen LogP contribution in [-0.2, 0) is 9.53 Å². The number of rotatable bonds is 2. The Morgan fingerprint density at radius 2 is 1.88 bits per heavy atom. The summed E-state index contributed by atoms with van der Waals surface area (Å²) in [6.07, 6.45) is 1.50. The molecular formula is C19H20N2O3S. The van der Waals surface area contributed by atoms with E-state index < -0.39 is 0 Å². The molecule has 0 atom stereocenters. The second-order valence-electron chi connectivity index (χ2n) is 6.59. The average molecular weight is 356 g/mol. The first kappa shape index (κ1) is 16.3. The van der Waals surface area contributed by atoms with Gasteiger partial charge in [0.05, 0.1) is 17.7 Å². The predicted molar refractivity (Wildman–Crippen MR) is 96.9 cm³/mol. The van der Waals surface area contributed by atoms with Gasteiger partial charge in [-0.15, -0.1) is 0 Å². The second-order valence-corrected chi connectivity index (χ2v) is 7.37. The van der Waals surface area contributed by atoms with Gasteiger partial charge in [-0.05, 0) is 36.4 Å². The number of amides is 2. The highest BCUT2D eigenvalue weighted by Crippen LogP contribution is 2.33. The highest BCUT2D eigenvalue weighted by Gasteiger charge is 2.43. The summed E-state index contributed by atoms with van der Waals surface area (Å²) in [5.41, 5.74) is 1.31. The Labute approximate surface area is 150 Å². The molecule has 2 fully saturated rings. The fourth-order valence-electron chi connectivity index (χ4n) is 3.55. The summed E-state index contributed by atoms with van der Waals surface area (Å²) in [6.45, 7) is 1.97. The van der Waals surface area contributed by atoms with E-state index >= 15 is 0 Å². The Morgan fingerprint density at radius 1 is 1.12 bits per heavy atom. The molecule has 2 aromatic rings. The number of thiophene rings is 1. The fraction of sp³-hybridized carbons (Fsp3) is 0.368. The van der Waals surface area contributed by atoms with Crippen LogP contribution in [0.25, 0.3) is 0 Å². The van der Waals surface area contributed by atoms with Gasteiger partial charge in [0.25, 0.3) is 11.8 Å². The highest BCUT2D eigenvalue weighted by atomic mass is 32.1. The molecule has 130 valence electrons. The Kier molecular flexibility index (Phi) is 4.31. The molecule has 0 N–H and O–H groups in total. The summed E-state index contributed by atoms with van der Waals surface area (Å²) in [5, 5.41) is 3.81. The molecule has 1 spiro atoms. The predicted octanol–water partition coefficient (Wildman–Crippen LogP) is 2.79. The molecule has 6 heteroatoms. The van der Waals surface area contributed by atoms with Gasteiger partial charge in [0.1, 0.15) is 6.61 Å². The van der Waals surface area contributed by atoms with Crippen molar-refractivity contribution in [3.05, 3.63) is 52.7 Å². The monoisotopic (exact) mass is 356 g/mol. The van der Waals surface area contributed by atoms with Gasteiger partial charge >= 0.3 is 0 Å². The SMILES string of the molecule is O=C(c1ccsc1)N1CCC2(CC1)CN(c1ccccc1)C(=O)CO2. The number of anilines is 1. The molecule has 0 saturated carbocycles. The molecule has 1 aromatic carbocycles. The molecule has 0 radical (unpaired) electrons. The number of ether oxygens (including phenoxy) is 1. The molecule has 2 amide bonds. The van der Waals surface area contributed by atoms with Gasteiger partial charge < -0.3 is 14.5 Å². The lowest BCUT2D eigenvalue weighted by atomic mass is 9.88. The summed E-state index contributed by atoms with van der Waals surface area (Å²) in [4.78, 5) is 28.5. The van der Waals surface area contributed by atoms with E-state index in [1.54, 1.807) is 0 Å². The van der Waals surface area contributed by atoms with E-state index in [2.05, 4.69) is 0 Å². The fourth-order valence-corrected chi connectivity index (χ4v) is 4.18. The number of morpholine rings is 1. The molecule has 25 heavy (non-hydrogen) atoms. The lowest BCUT2D eigenvalue weighted by Gasteiger charge is -2.46. The zero-order valence-corrected chi connectivity index (χ0v) is 14.7. The van der Waals surface area contributed by atoms with Crippen LogP contribution >= 0.6 is 11.3 Å². The van der Waals surface area contributed by atoms with E-state index in [0.29, 0.717) is 19.6 Å². The largest absolute Gasteiger partial charge is 0.363 e. The van der Waals surface area contributed by atoms with Crippen LogP contribution in [0.5, 0.6) is 0 Å². The summed E-state index contributed by atoms with van der Waals surface area (Å²) in [6, 6.07) is 11.6. The van der Waals surface area contributed by atoms with Crippen molar-refractivity contribution in [2.24, 2.45) is 0 Å². The van der Waals surface area contributed by atoms with Gasteiger partial charge in [0.2, 0.25) is 0 Å². The number of carbonyl (C=O) groups is 2. The Hall–Kier alpha value is -2.18. The molecule has 0 unspecified atom stereocenters. The van der Waals surface area contributed by atoms with Crippen molar-refractivity contribution in [1.82, 2.24) is 4.90 Å². The maximum absolute atomic E-state index is 12.5. The van der Waals surface area contributed by atoms with Crippen molar-refractivity contribution in [3.63, 3.8) is 0 Å². The quantitative estimate of drug-likeness (QED) is 0.831. The molecule has 2 aliphatic rings. The van der Waals surface area contributed by atoms with Crippen molar-refractivity contribution in [2.45, 2.75) is 18.4 Å². The minimum Gasteiger partial charge on any atom is -0.363 e. The van der Waals surface area contributed by atoms with E-state index in [0.717, 1.165) is 24.1 Å². The maximum Gasteiger partial charge on any atom is 0.254 e. The van der Waals surface area contributed by atoms with Gasteiger partial charge in [-0.3, -0.25) is 9.59 Å². The molecule has 2 aliphatic heterocycles. The Bertz CT molecular complexity index is 752. The van der Waals surface area contributed by atoms with Crippen molar-refractivity contribution >= 4 is 28.8 Å². The van der Waals surface area contributed by atoms with E-state index in [4.69, 9.17) is 4.74 Å². The smallest absolute Gasteiger partial charge is 0.254 e. The van der Waals surface area contributed by atoms with Crippen LogP contribution in [0.4, 0.5) is 5.69 Å². The molecular weight excluding hydrogens is 336 g/mol. The summed E-state index contributed by atoms with van der Waals surface area (Å²) in [5.74, 6) is 0.0801. The first-order valence-corrected chi connectivity index (χ1v) is 9.42. The number of benzene rings is 1. The zero-order valence-electron chi connectivity index (χ0n) is 13.9. The topological polar surface area (TPSA) is 49.9 Å². The normalized spacial score (nSPS) is 20.1. The van der Waals surface area contributed by atoms with Crippen molar-refractivity contribution < 1.29 is 14.3 Å². The Balaban J connectivity index is 1.45. The van der Waals surface area contributed by atoms with Gasteiger partial charge in [0.15, 0.2) is 0 Å². The minimum absolute atomic E-state index is 0.00592. The third-order valence-electron chi connectivity index (χ3n) is 5.05.